The number of rotatable bonds is 8. The number of aromatic nitrogens is 2. The Balaban J connectivity index is 1.93. The van der Waals surface area contributed by atoms with Crippen LogP contribution in [0.5, 0.6) is 0 Å². The van der Waals surface area contributed by atoms with Crippen molar-refractivity contribution in [2.75, 3.05) is 18.8 Å². The van der Waals surface area contributed by atoms with Gasteiger partial charge in [-0.25, -0.2) is 4.98 Å². The fraction of sp³-hybridized carbons (Fsp3) is 0.636. The quantitative estimate of drug-likeness (QED) is 0.544. The molecule has 0 aliphatic heterocycles. The van der Waals surface area contributed by atoms with E-state index in [2.05, 4.69) is 22.2 Å². The highest BCUT2D eigenvalue weighted by molar-refractivity contribution is 7.99. The summed E-state index contributed by atoms with van der Waals surface area (Å²) in [6, 6.07) is 0. The normalized spacial score (nSPS) is 10.5. The lowest BCUT2D eigenvalue weighted by molar-refractivity contribution is 0.636. The van der Waals surface area contributed by atoms with E-state index in [1.807, 2.05) is 6.20 Å². The molecule has 0 atom stereocenters. The molecule has 1 rings (SSSR count). The van der Waals surface area contributed by atoms with Crippen LogP contribution in [0.3, 0.4) is 0 Å². The Labute approximate surface area is 96.1 Å². The van der Waals surface area contributed by atoms with Crippen LogP contribution < -0.4 is 5.32 Å². The summed E-state index contributed by atoms with van der Waals surface area (Å²) >= 11 is 1.75. The van der Waals surface area contributed by atoms with Crippen LogP contribution in [0.2, 0.25) is 0 Å². The SMILES string of the molecule is CCCCCNCCSc1cnccn1. The fourth-order valence-corrected chi connectivity index (χ4v) is 1.94. The maximum absolute atomic E-state index is 4.20. The van der Waals surface area contributed by atoms with Crippen LogP contribution in [0.25, 0.3) is 0 Å². The van der Waals surface area contributed by atoms with Gasteiger partial charge in [-0.3, -0.25) is 4.98 Å². The Hall–Kier alpha value is -0.610. The van der Waals surface area contributed by atoms with E-state index in [9.17, 15) is 0 Å². The van der Waals surface area contributed by atoms with Crippen molar-refractivity contribution in [2.45, 2.75) is 31.2 Å². The highest BCUT2D eigenvalue weighted by atomic mass is 32.2. The second kappa shape index (κ2) is 8.68. The molecule has 4 heteroatoms. The minimum absolute atomic E-state index is 1.01. The van der Waals surface area contributed by atoms with Gasteiger partial charge in [0.1, 0.15) is 5.03 Å². The van der Waals surface area contributed by atoms with Crippen LogP contribution in [0.4, 0.5) is 0 Å². The number of unbranched alkanes of at least 4 members (excludes halogenated alkanes) is 2. The minimum atomic E-state index is 1.01. The topological polar surface area (TPSA) is 37.8 Å². The molecule has 0 saturated heterocycles. The molecule has 1 aromatic heterocycles. The predicted octanol–water partition coefficient (Wildman–Crippen LogP) is 2.35. The first kappa shape index (κ1) is 12.5. The summed E-state index contributed by atoms with van der Waals surface area (Å²) in [5, 5.41) is 4.43. The molecule has 1 N–H and O–H groups in total. The van der Waals surface area contributed by atoms with Crippen molar-refractivity contribution in [3.8, 4) is 0 Å². The second-order valence-corrected chi connectivity index (χ2v) is 4.46. The summed E-state index contributed by atoms with van der Waals surface area (Å²) in [6.45, 7) is 4.41. The van der Waals surface area contributed by atoms with Gasteiger partial charge in [-0.15, -0.1) is 11.8 Å². The van der Waals surface area contributed by atoms with Crippen LogP contribution >= 0.6 is 11.8 Å². The van der Waals surface area contributed by atoms with Gasteiger partial charge in [-0.1, -0.05) is 19.8 Å². The lowest BCUT2D eigenvalue weighted by Gasteiger charge is -2.03. The number of hydrogen-bond acceptors (Lipinski definition) is 4. The van der Waals surface area contributed by atoms with Crippen LogP contribution in [0.15, 0.2) is 23.6 Å². The Morgan fingerprint density at radius 1 is 1.27 bits per heavy atom. The van der Waals surface area contributed by atoms with Gasteiger partial charge in [0.2, 0.25) is 0 Å². The molecule has 0 radical (unpaired) electrons. The zero-order valence-electron chi connectivity index (χ0n) is 9.28. The fourth-order valence-electron chi connectivity index (χ4n) is 1.21. The van der Waals surface area contributed by atoms with Crippen LogP contribution in [-0.2, 0) is 0 Å². The number of thioether (sulfide) groups is 1. The van der Waals surface area contributed by atoms with E-state index in [-0.39, 0.29) is 0 Å². The van der Waals surface area contributed by atoms with E-state index >= 15 is 0 Å². The van der Waals surface area contributed by atoms with Crippen LogP contribution in [0.1, 0.15) is 26.2 Å². The number of hydrogen-bond donors (Lipinski definition) is 1. The van der Waals surface area contributed by atoms with Crippen LogP contribution in [0, 0.1) is 0 Å². The van der Waals surface area contributed by atoms with Gasteiger partial charge < -0.3 is 5.32 Å². The van der Waals surface area contributed by atoms with Crippen LogP contribution in [-0.4, -0.2) is 28.8 Å². The third-order valence-electron chi connectivity index (χ3n) is 2.03. The molecule has 15 heavy (non-hydrogen) atoms. The van der Waals surface area contributed by atoms with Crippen molar-refractivity contribution >= 4 is 11.8 Å². The molecule has 0 aromatic carbocycles. The van der Waals surface area contributed by atoms with Crippen molar-refractivity contribution in [3.63, 3.8) is 0 Å². The van der Waals surface area contributed by atoms with E-state index in [1.54, 1.807) is 24.2 Å². The summed E-state index contributed by atoms with van der Waals surface area (Å²) in [4.78, 5) is 8.22. The first-order chi connectivity index (χ1) is 7.43. The smallest absolute Gasteiger partial charge is 0.114 e. The Morgan fingerprint density at radius 2 is 2.20 bits per heavy atom. The molecule has 0 amide bonds. The molecule has 1 heterocycles. The van der Waals surface area contributed by atoms with E-state index < -0.39 is 0 Å². The van der Waals surface area contributed by atoms with Crippen molar-refractivity contribution in [2.24, 2.45) is 0 Å². The minimum Gasteiger partial charge on any atom is -0.316 e. The van der Waals surface area contributed by atoms with Crippen molar-refractivity contribution in [1.82, 2.24) is 15.3 Å². The molecule has 0 bridgehead atoms. The lowest BCUT2D eigenvalue weighted by atomic mass is 10.2. The van der Waals surface area contributed by atoms with E-state index in [4.69, 9.17) is 0 Å². The third-order valence-corrected chi connectivity index (χ3v) is 2.94. The lowest BCUT2D eigenvalue weighted by Crippen LogP contribution is -2.18. The van der Waals surface area contributed by atoms with Crippen molar-refractivity contribution in [3.05, 3.63) is 18.6 Å². The molecule has 0 spiro atoms. The average molecular weight is 225 g/mol. The summed E-state index contributed by atoms with van der Waals surface area (Å²) < 4.78 is 0. The molecule has 0 saturated carbocycles. The van der Waals surface area contributed by atoms with Gasteiger partial charge in [0.05, 0.1) is 6.20 Å². The molecular formula is C11H19N3S. The van der Waals surface area contributed by atoms with Gasteiger partial charge in [0.15, 0.2) is 0 Å². The molecule has 1 aromatic rings. The molecule has 0 aliphatic rings. The number of nitrogens with zero attached hydrogens (tertiary/aromatic N) is 2. The Kier molecular flexibility index (Phi) is 7.21. The molecule has 0 fully saturated rings. The van der Waals surface area contributed by atoms with Gasteiger partial charge >= 0.3 is 0 Å². The van der Waals surface area contributed by atoms with Crippen molar-refractivity contribution in [1.29, 1.82) is 0 Å². The number of nitrogens with one attached hydrogen (secondary N) is 1. The maximum atomic E-state index is 4.20. The van der Waals surface area contributed by atoms with E-state index in [0.29, 0.717) is 0 Å². The monoisotopic (exact) mass is 225 g/mol. The summed E-state index contributed by atoms with van der Waals surface area (Å²) in [6.07, 6.45) is 9.14. The zero-order chi connectivity index (χ0) is 10.8. The average Bonchev–Trinajstić information content (AvgIpc) is 2.29. The van der Waals surface area contributed by atoms with E-state index in [0.717, 1.165) is 23.9 Å². The van der Waals surface area contributed by atoms with Crippen molar-refractivity contribution < 1.29 is 0 Å². The standard InChI is InChI=1S/C11H19N3S/c1-2-3-4-5-12-8-9-15-11-10-13-6-7-14-11/h6-7,10,12H,2-5,8-9H2,1H3. The largest absolute Gasteiger partial charge is 0.316 e. The molecular weight excluding hydrogens is 206 g/mol. The molecule has 0 aliphatic carbocycles. The molecule has 84 valence electrons. The van der Waals surface area contributed by atoms with Gasteiger partial charge in [0, 0.05) is 24.7 Å². The highest BCUT2D eigenvalue weighted by Crippen LogP contribution is 2.11. The van der Waals surface area contributed by atoms with Gasteiger partial charge in [-0.2, -0.15) is 0 Å². The Morgan fingerprint density at radius 3 is 2.93 bits per heavy atom. The summed E-state index contributed by atoms with van der Waals surface area (Å²) in [5.74, 6) is 1.06. The Bertz CT molecular complexity index is 241. The summed E-state index contributed by atoms with van der Waals surface area (Å²) in [5.41, 5.74) is 0. The van der Waals surface area contributed by atoms with E-state index in [1.165, 1.54) is 19.3 Å². The first-order valence-electron chi connectivity index (χ1n) is 5.53. The van der Waals surface area contributed by atoms with Gasteiger partial charge in [0.25, 0.3) is 0 Å². The highest BCUT2D eigenvalue weighted by Gasteiger charge is 1.93. The zero-order valence-corrected chi connectivity index (χ0v) is 10.1. The maximum Gasteiger partial charge on any atom is 0.114 e. The van der Waals surface area contributed by atoms with Gasteiger partial charge in [-0.05, 0) is 13.0 Å². The first-order valence-corrected chi connectivity index (χ1v) is 6.51. The second-order valence-electron chi connectivity index (χ2n) is 3.35. The molecule has 0 unspecified atom stereocenters. The summed E-state index contributed by atoms with van der Waals surface area (Å²) in [7, 11) is 0. The molecule has 3 nitrogen and oxygen atoms in total. The predicted molar refractivity (Wildman–Crippen MR) is 65.2 cm³/mol. The third kappa shape index (κ3) is 6.47.